The first-order valence-corrected chi connectivity index (χ1v) is 7.43. The molecular formula is C17H16N4O. The van der Waals surface area contributed by atoms with Gasteiger partial charge in [-0.15, -0.1) is 0 Å². The van der Waals surface area contributed by atoms with E-state index < -0.39 is 0 Å². The van der Waals surface area contributed by atoms with Crippen LogP contribution in [0.2, 0.25) is 0 Å². The highest BCUT2D eigenvalue weighted by Crippen LogP contribution is 2.44. The van der Waals surface area contributed by atoms with Crippen molar-refractivity contribution in [2.45, 2.75) is 18.8 Å². The van der Waals surface area contributed by atoms with Gasteiger partial charge in [0.2, 0.25) is 0 Å². The Morgan fingerprint density at radius 3 is 2.86 bits per heavy atom. The molecule has 1 amide bonds. The Balaban J connectivity index is 1.94. The summed E-state index contributed by atoms with van der Waals surface area (Å²) in [6, 6.07) is 9.59. The van der Waals surface area contributed by atoms with Crippen molar-refractivity contribution in [2.75, 3.05) is 7.05 Å². The largest absolute Gasteiger partial charge is 0.355 e. The van der Waals surface area contributed by atoms with Crippen LogP contribution >= 0.6 is 0 Å². The second-order valence-electron chi connectivity index (χ2n) is 5.59. The summed E-state index contributed by atoms with van der Waals surface area (Å²) in [4.78, 5) is 16.1. The number of nitrogens with one attached hydrogen (secondary N) is 1. The van der Waals surface area contributed by atoms with Gasteiger partial charge in [-0.3, -0.25) is 9.78 Å². The Labute approximate surface area is 128 Å². The number of hydrogen-bond acceptors (Lipinski definition) is 3. The van der Waals surface area contributed by atoms with Gasteiger partial charge < -0.3 is 5.32 Å². The van der Waals surface area contributed by atoms with Crippen LogP contribution in [0.4, 0.5) is 0 Å². The van der Waals surface area contributed by atoms with Crippen molar-refractivity contribution in [3.8, 4) is 5.69 Å². The summed E-state index contributed by atoms with van der Waals surface area (Å²) in [6.45, 7) is 0. The van der Waals surface area contributed by atoms with E-state index in [2.05, 4.69) is 10.3 Å². The monoisotopic (exact) mass is 292 g/mol. The zero-order valence-corrected chi connectivity index (χ0v) is 12.3. The number of nitrogens with zero attached hydrogens (tertiary/aromatic N) is 3. The van der Waals surface area contributed by atoms with E-state index in [1.54, 1.807) is 13.2 Å². The van der Waals surface area contributed by atoms with Crippen molar-refractivity contribution in [2.24, 2.45) is 0 Å². The third-order valence-corrected chi connectivity index (χ3v) is 4.05. The average molecular weight is 292 g/mol. The average Bonchev–Trinajstić information content (AvgIpc) is 3.34. The minimum absolute atomic E-state index is 0.0715. The van der Waals surface area contributed by atoms with Gasteiger partial charge in [0.15, 0.2) is 0 Å². The van der Waals surface area contributed by atoms with Gasteiger partial charge in [0, 0.05) is 30.1 Å². The zero-order chi connectivity index (χ0) is 15.1. The predicted octanol–water partition coefficient (Wildman–Crippen LogP) is 2.66. The smallest absolute Gasteiger partial charge is 0.251 e. The minimum atomic E-state index is -0.0715. The van der Waals surface area contributed by atoms with Gasteiger partial charge in [-0.05, 0) is 43.2 Å². The Morgan fingerprint density at radius 2 is 2.18 bits per heavy atom. The zero-order valence-electron chi connectivity index (χ0n) is 12.3. The van der Waals surface area contributed by atoms with Crippen molar-refractivity contribution in [1.82, 2.24) is 20.1 Å². The number of carbonyl (C=O) groups is 1. The molecule has 1 aliphatic carbocycles. The van der Waals surface area contributed by atoms with Crippen LogP contribution in [0.1, 0.15) is 34.8 Å². The number of hydrogen-bond donors (Lipinski definition) is 1. The first-order chi connectivity index (χ1) is 10.8. The number of benzene rings is 1. The van der Waals surface area contributed by atoms with Crippen LogP contribution in [0.3, 0.4) is 0 Å². The van der Waals surface area contributed by atoms with Crippen LogP contribution in [-0.4, -0.2) is 27.7 Å². The van der Waals surface area contributed by atoms with Crippen LogP contribution in [0.15, 0.2) is 42.7 Å². The van der Waals surface area contributed by atoms with E-state index >= 15 is 0 Å². The van der Waals surface area contributed by atoms with Gasteiger partial charge in [0.25, 0.3) is 5.91 Å². The Morgan fingerprint density at radius 1 is 1.32 bits per heavy atom. The molecule has 110 valence electrons. The number of rotatable bonds is 3. The fourth-order valence-corrected chi connectivity index (χ4v) is 2.82. The van der Waals surface area contributed by atoms with E-state index in [4.69, 9.17) is 5.10 Å². The molecule has 0 bridgehead atoms. The molecule has 0 spiro atoms. The lowest BCUT2D eigenvalue weighted by atomic mass is 10.1. The van der Waals surface area contributed by atoms with Gasteiger partial charge in [-0.25, -0.2) is 4.68 Å². The normalized spacial score (nSPS) is 14.2. The van der Waals surface area contributed by atoms with E-state index in [0.717, 1.165) is 16.6 Å². The fourth-order valence-electron chi connectivity index (χ4n) is 2.82. The Hall–Kier alpha value is -2.69. The lowest BCUT2D eigenvalue weighted by Gasteiger charge is -2.06. The summed E-state index contributed by atoms with van der Waals surface area (Å²) in [5.41, 5.74) is 3.73. The standard InChI is InChI=1S/C17H16N4O/c1-18-17(22)12-6-7-15-14(9-12)16(11-4-5-11)21(20-15)13-3-2-8-19-10-13/h2-3,6-11H,4-5H2,1H3,(H,18,22). The summed E-state index contributed by atoms with van der Waals surface area (Å²) in [7, 11) is 1.65. The molecular weight excluding hydrogens is 276 g/mol. The number of fused-ring (bicyclic) bond motifs is 1. The summed E-state index contributed by atoms with van der Waals surface area (Å²) in [6.07, 6.45) is 5.92. The van der Waals surface area contributed by atoms with Gasteiger partial charge in [0.1, 0.15) is 0 Å². The maximum absolute atomic E-state index is 11.9. The molecule has 0 aliphatic heterocycles. The molecule has 3 aromatic rings. The molecule has 1 saturated carbocycles. The number of aromatic nitrogens is 3. The molecule has 22 heavy (non-hydrogen) atoms. The number of pyridine rings is 1. The van der Waals surface area contributed by atoms with Gasteiger partial charge in [-0.1, -0.05) is 0 Å². The molecule has 4 rings (SSSR count). The first kappa shape index (κ1) is 13.0. The lowest BCUT2D eigenvalue weighted by Crippen LogP contribution is -2.17. The fraction of sp³-hybridized carbons (Fsp3) is 0.235. The highest BCUT2D eigenvalue weighted by atomic mass is 16.1. The SMILES string of the molecule is CNC(=O)c1ccc2nn(-c3cccnc3)c(C3CC3)c2c1. The van der Waals surface area contributed by atoms with Crippen molar-refractivity contribution >= 4 is 16.8 Å². The summed E-state index contributed by atoms with van der Waals surface area (Å²) >= 11 is 0. The topological polar surface area (TPSA) is 59.8 Å². The maximum Gasteiger partial charge on any atom is 0.251 e. The van der Waals surface area contributed by atoms with Crippen LogP contribution in [0.5, 0.6) is 0 Å². The Bertz CT molecular complexity index is 850. The number of carbonyl (C=O) groups excluding carboxylic acids is 1. The third kappa shape index (κ3) is 2.06. The maximum atomic E-state index is 11.9. The van der Waals surface area contributed by atoms with Crippen molar-refractivity contribution in [3.05, 3.63) is 54.0 Å². The van der Waals surface area contributed by atoms with E-state index in [9.17, 15) is 4.79 Å². The molecule has 0 saturated heterocycles. The van der Waals surface area contributed by atoms with E-state index in [-0.39, 0.29) is 5.91 Å². The van der Waals surface area contributed by atoms with Crippen LogP contribution in [0.25, 0.3) is 16.6 Å². The Kier molecular flexibility index (Phi) is 2.92. The lowest BCUT2D eigenvalue weighted by molar-refractivity contribution is 0.0963. The highest BCUT2D eigenvalue weighted by molar-refractivity contribution is 5.98. The van der Waals surface area contributed by atoms with Crippen molar-refractivity contribution in [1.29, 1.82) is 0 Å². The van der Waals surface area contributed by atoms with Crippen LogP contribution in [0, 0.1) is 0 Å². The van der Waals surface area contributed by atoms with Gasteiger partial charge in [0.05, 0.1) is 23.1 Å². The third-order valence-electron chi connectivity index (χ3n) is 4.05. The molecule has 5 nitrogen and oxygen atoms in total. The van der Waals surface area contributed by atoms with E-state index in [1.165, 1.54) is 18.5 Å². The summed E-state index contributed by atoms with van der Waals surface area (Å²) < 4.78 is 1.98. The number of amides is 1. The molecule has 1 aliphatic rings. The first-order valence-electron chi connectivity index (χ1n) is 7.43. The molecule has 0 unspecified atom stereocenters. The molecule has 0 atom stereocenters. The summed E-state index contributed by atoms with van der Waals surface area (Å²) in [5, 5.41) is 8.45. The van der Waals surface area contributed by atoms with E-state index in [1.807, 2.05) is 41.2 Å². The molecule has 0 radical (unpaired) electrons. The van der Waals surface area contributed by atoms with Crippen molar-refractivity contribution < 1.29 is 4.79 Å². The molecule has 5 heteroatoms. The second-order valence-corrected chi connectivity index (χ2v) is 5.59. The molecule has 1 fully saturated rings. The second kappa shape index (κ2) is 4.94. The quantitative estimate of drug-likeness (QED) is 0.807. The molecule has 2 heterocycles. The summed E-state index contributed by atoms with van der Waals surface area (Å²) in [5.74, 6) is 0.447. The molecule has 2 aromatic heterocycles. The molecule has 1 aromatic carbocycles. The van der Waals surface area contributed by atoms with Crippen LogP contribution < -0.4 is 5.32 Å². The van der Waals surface area contributed by atoms with Gasteiger partial charge >= 0.3 is 0 Å². The highest BCUT2D eigenvalue weighted by Gasteiger charge is 2.30. The van der Waals surface area contributed by atoms with Crippen molar-refractivity contribution in [3.63, 3.8) is 0 Å². The minimum Gasteiger partial charge on any atom is -0.355 e. The molecule has 1 N–H and O–H groups in total. The predicted molar refractivity (Wildman–Crippen MR) is 84.2 cm³/mol. The van der Waals surface area contributed by atoms with E-state index in [0.29, 0.717) is 11.5 Å². The van der Waals surface area contributed by atoms with Crippen LogP contribution in [-0.2, 0) is 0 Å². The van der Waals surface area contributed by atoms with Gasteiger partial charge in [-0.2, -0.15) is 5.10 Å².